The summed E-state index contributed by atoms with van der Waals surface area (Å²) in [5.74, 6) is 0.462. The van der Waals surface area contributed by atoms with Gasteiger partial charge in [0.15, 0.2) is 0 Å². The minimum absolute atomic E-state index is 0.0420. The van der Waals surface area contributed by atoms with Gasteiger partial charge in [-0.05, 0) is 64.5 Å². The Morgan fingerprint density at radius 2 is 1.73 bits per heavy atom. The van der Waals surface area contributed by atoms with E-state index in [1.807, 2.05) is 43.9 Å². The van der Waals surface area contributed by atoms with E-state index in [1.165, 1.54) is 0 Å². The summed E-state index contributed by atoms with van der Waals surface area (Å²) < 4.78 is 5.28. The van der Waals surface area contributed by atoms with E-state index in [0.29, 0.717) is 36.8 Å². The number of carbonyl (C=O) groups excluding carboxylic acids is 3. The van der Waals surface area contributed by atoms with Gasteiger partial charge in [-0.1, -0.05) is 12.1 Å². The van der Waals surface area contributed by atoms with Crippen LogP contribution < -0.4 is 10.2 Å². The largest absolute Gasteiger partial charge is 0.444 e. The number of alkyl carbamates (subject to hydrolysis) is 1. The molecule has 0 radical (unpaired) electrons. The monoisotopic (exact) mass is 415 g/mol. The molecule has 0 aromatic heterocycles. The quantitative estimate of drug-likeness (QED) is 0.799. The minimum Gasteiger partial charge on any atom is -0.444 e. The summed E-state index contributed by atoms with van der Waals surface area (Å²) in [5.41, 5.74) is 0.730. The topological polar surface area (TPSA) is 79.0 Å². The number of piperidine rings is 1. The van der Waals surface area contributed by atoms with Gasteiger partial charge in [-0.15, -0.1) is 0 Å². The molecule has 7 heteroatoms. The zero-order valence-electron chi connectivity index (χ0n) is 18.4. The molecule has 1 saturated heterocycles. The van der Waals surface area contributed by atoms with Gasteiger partial charge in [-0.2, -0.15) is 0 Å². The van der Waals surface area contributed by atoms with Crippen molar-refractivity contribution in [2.75, 3.05) is 31.6 Å². The zero-order chi connectivity index (χ0) is 21.9. The number of nitrogens with one attached hydrogen (secondary N) is 1. The fraction of sp³-hybridized carbons (Fsp3) is 0.609. The Labute approximate surface area is 178 Å². The summed E-state index contributed by atoms with van der Waals surface area (Å²) in [7, 11) is 1.75. The van der Waals surface area contributed by atoms with Crippen LogP contribution in [0.3, 0.4) is 0 Å². The van der Waals surface area contributed by atoms with Crippen LogP contribution in [-0.4, -0.2) is 55.1 Å². The van der Waals surface area contributed by atoms with Gasteiger partial charge < -0.3 is 19.9 Å². The van der Waals surface area contributed by atoms with Gasteiger partial charge in [0.25, 0.3) is 5.91 Å². The van der Waals surface area contributed by atoms with Gasteiger partial charge in [-0.3, -0.25) is 9.59 Å². The average molecular weight is 416 g/mol. The van der Waals surface area contributed by atoms with Crippen LogP contribution in [0.25, 0.3) is 0 Å². The maximum absolute atomic E-state index is 13.2. The Kier molecular flexibility index (Phi) is 6.68. The Morgan fingerprint density at radius 3 is 2.33 bits per heavy atom. The summed E-state index contributed by atoms with van der Waals surface area (Å²) in [5, 5.41) is 2.83. The first kappa shape index (κ1) is 22.1. The molecule has 0 atom stereocenters. The number of anilines is 1. The van der Waals surface area contributed by atoms with Crippen molar-refractivity contribution >= 4 is 23.6 Å². The molecule has 7 nitrogen and oxygen atoms in total. The van der Waals surface area contributed by atoms with Crippen molar-refractivity contribution in [2.24, 2.45) is 11.8 Å². The molecular formula is C23H33N3O4. The molecule has 2 fully saturated rings. The number of likely N-dealkylation sites (tertiary alicyclic amines) is 1. The van der Waals surface area contributed by atoms with Gasteiger partial charge in [0, 0.05) is 32.6 Å². The number of amides is 3. The third kappa shape index (κ3) is 5.74. The lowest BCUT2D eigenvalue weighted by atomic mass is 9.96. The number of hydrogen-bond acceptors (Lipinski definition) is 4. The number of carbonyl (C=O) groups is 3. The molecule has 1 aromatic carbocycles. The van der Waals surface area contributed by atoms with Crippen LogP contribution in [0, 0.1) is 11.8 Å². The highest BCUT2D eigenvalue weighted by Crippen LogP contribution is 2.33. The third-order valence-corrected chi connectivity index (χ3v) is 5.59. The highest BCUT2D eigenvalue weighted by atomic mass is 16.6. The van der Waals surface area contributed by atoms with Crippen LogP contribution in [0.15, 0.2) is 24.3 Å². The predicted octanol–water partition coefficient (Wildman–Crippen LogP) is 3.44. The van der Waals surface area contributed by atoms with Gasteiger partial charge >= 0.3 is 6.09 Å². The van der Waals surface area contributed by atoms with Crippen molar-refractivity contribution in [1.29, 1.82) is 0 Å². The first-order valence-electron chi connectivity index (χ1n) is 10.8. The van der Waals surface area contributed by atoms with Crippen LogP contribution in [0.4, 0.5) is 10.5 Å². The van der Waals surface area contributed by atoms with Crippen molar-refractivity contribution < 1.29 is 19.1 Å². The fourth-order valence-corrected chi connectivity index (χ4v) is 3.72. The summed E-state index contributed by atoms with van der Waals surface area (Å²) in [4.78, 5) is 40.9. The number of benzene rings is 1. The molecule has 2 aliphatic rings. The summed E-state index contributed by atoms with van der Waals surface area (Å²) >= 11 is 0. The molecular weight excluding hydrogens is 382 g/mol. The zero-order valence-corrected chi connectivity index (χ0v) is 18.4. The summed E-state index contributed by atoms with van der Waals surface area (Å²) in [6.45, 7) is 7.33. The molecule has 1 aliphatic carbocycles. The number of hydrogen-bond donors (Lipinski definition) is 1. The maximum atomic E-state index is 13.2. The van der Waals surface area contributed by atoms with E-state index in [9.17, 15) is 14.4 Å². The van der Waals surface area contributed by atoms with Crippen LogP contribution in [0.2, 0.25) is 0 Å². The molecule has 1 N–H and O–H groups in total. The van der Waals surface area contributed by atoms with Crippen LogP contribution in [-0.2, 0) is 9.53 Å². The lowest BCUT2D eigenvalue weighted by Gasteiger charge is -2.33. The molecule has 30 heavy (non-hydrogen) atoms. The van der Waals surface area contributed by atoms with E-state index >= 15 is 0 Å². The van der Waals surface area contributed by atoms with Crippen LogP contribution in [0.5, 0.6) is 0 Å². The maximum Gasteiger partial charge on any atom is 0.407 e. The molecule has 0 spiro atoms. The highest BCUT2D eigenvalue weighted by molar-refractivity contribution is 6.05. The van der Waals surface area contributed by atoms with E-state index in [-0.39, 0.29) is 17.7 Å². The Hall–Kier alpha value is -2.57. The molecule has 1 aromatic rings. The van der Waals surface area contributed by atoms with Gasteiger partial charge in [0.1, 0.15) is 5.60 Å². The molecule has 0 bridgehead atoms. The van der Waals surface area contributed by atoms with Crippen LogP contribution in [0.1, 0.15) is 56.8 Å². The summed E-state index contributed by atoms with van der Waals surface area (Å²) in [6.07, 6.45) is 3.10. The van der Waals surface area contributed by atoms with Crippen molar-refractivity contribution in [1.82, 2.24) is 10.2 Å². The minimum atomic E-state index is -0.513. The number of nitrogens with zero attached hydrogens (tertiary/aromatic N) is 2. The van der Waals surface area contributed by atoms with Gasteiger partial charge in [0.05, 0.1) is 11.3 Å². The second-order valence-electron chi connectivity index (χ2n) is 9.31. The second kappa shape index (κ2) is 9.06. The molecule has 1 heterocycles. The fourth-order valence-electron chi connectivity index (χ4n) is 3.72. The van der Waals surface area contributed by atoms with E-state index < -0.39 is 11.7 Å². The third-order valence-electron chi connectivity index (χ3n) is 5.59. The lowest BCUT2D eigenvalue weighted by molar-refractivity contribution is -0.119. The molecule has 0 unspecified atom stereocenters. The van der Waals surface area contributed by atoms with E-state index in [2.05, 4.69) is 5.32 Å². The van der Waals surface area contributed by atoms with Gasteiger partial charge in [0.2, 0.25) is 5.91 Å². The first-order valence-corrected chi connectivity index (χ1v) is 10.8. The molecule has 3 amide bonds. The van der Waals surface area contributed by atoms with Crippen LogP contribution >= 0.6 is 0 Å². The SMILES string of the molecule is CN(C(=O)C1CC1)c1ccccc1C(=O)N1CCC(CNC(=O)OC(C)(C)C)CC1. The standard InChI is InChI=1S/C23H33N3O4/c1-23(2,3)30-22(29)24-15-16-11-13-26(14-12-16)21(28)18-7-5-6-8-19(18)25(4)20(27)17-9-10-17/h5-8,16-17H,9-15H2,1-4H3,(H,24,29). The Bertz CT molecular complexity index is 790. The number of ether oxygens (including phenoxy) is 1. The van der Waals surface area contributed by atoms with Gasteiger partial charge in [-0.25, -0.2) is 4.79 Å². The van der Waals surface area contributed by atoms with E-state index in [0.717, 1.165) is 25.7 Å². The second-order valence-corrected chi connectivity index (χ2v) is 9.31. The smallest absolute Gasteiger partial charge is 0.407 e. The van der Waals surface area contributed by atoms with Crippen molar-refractivity contribution in [3.8, 4) is 0 Å². The average Bonchev–Trinajstić information content (AvgIpc) is 3.55. The van der Waals surface area contributed by atoms with Crippen molar-refractivity contribution in [2.45, 2.75) is 52.1 Å². The lowest BCUT2D eigenvalue weighted by Crippen LogP contribution is -2.43. The molecule has 164 valence electrons. The number of para-hydroxylation sites is 1. The first-order chi connectivity index (χ1) is 14.2. The molecule has 1 aliphatic heterocycles. The Morgan fingerprint density at radius 1 is 1.10 bits per heavy atom. The Balaban J connectivity index is 1.54. The predicted molar refractivity (Wildman–Crippen MR) is 115 cm³/mol. The van der Waals surface area contributed by atoms with E-state index in [4.69, 9.17) is 4.74 Å². The number of rotatable bonds is 5. The molecule has 3 rings (SSSR count). The highest BCUT2D eigenvalue weighted by Gasteiger charge is 2.34. The summed E-state index contributed by atoms with van der Waals surface area (Å²) in [6, 6.07) is 7.33. The van der Waals surface area contributed by atoms with E-state index in [1.54, 1.807) is 18.0 Å². The normalized spacial score (nSPS) is 17.4. The molecule has 1 saturated carbocycles. The van der Waals surface area contributed by atoms with Crippen molar-refractivity contribution in [3.63, 3.8) is 0 Å². The van der Waals surface area contributed by atoms with Crippen molar-refractivity contribution in [3.05, 3.63) is 29.8 Å².